The lowest BCUT2D eigenvalue weighted by atomic mass is 10.2. The lowest BCUT2D eigenvalue weighted by molar-refractivity contribution is 0.0690. The van der Waals surface area contributed by atoms with Gasteiger partial charge in [-0.1, -0.05) is 23.2 Å². The Labute approximate surface area is 119 Å². The normalized spacial score (nSPS) is 10.2. The fraction of sp³-hybridized carbons (Fsp3) is 0.0769. The molecule has 0 spiro atoms. The van der Waals surface area contributed by atoms with Crippen LogP contribution in [0.3, 0.4) is 0 Å². The van der Waals surface area contributed by atoms with Crippen LogP contribution < -0.4 is 4.74 Å². The van der Waals surface area contributed by atoms with E-state index < -0.39 is 5.97 Å². The van der Waals surface area contributed by atoms with Crippen molar-refractivity contribution >= 4 is 29.2 Å². The Bertz CT molecular complexity index is 617. The third-order valence-electron chi connectivity index (χ3n) is 2.33. The molecule has 0 aliphatic heterocycles. The van der Waals surface area contributed by atoms with Gasteiger partial charge in [-0.15, -0.1) is 0 Å². The molecule has 0 aliphatic carbocycles. The second kappa shape index (κ2) is 5.91. The van der Waals surface area contributed by atoms with Crippen LogP contribution in [0.15, 0.2) is 36.5 Å². The predicted octanol–water partition coefficient (Wildman–Crippen LogP) is 3.67. The minimum absolute atomic E-state index is 0.0247. The second-order valence-electron chi connectivity index (χ2n) is 3.72. The van der Waals surface area contributed by atoms with Crippen molar-refractivity contribution in [2.45, 2.75) is 6.61 Å². The van der Waals surface area contributed by atoms with Crippen LogP contribution in [0.2, 0.25) is 10.0 Å². The number of benzene rings is 1. The Balaban J connectivity index is 2.10. The smallest absolute Gasteiger partial charge is 0.354 e. The minimum atomic E-state index is -1.08. The molecule has 19 heavy (non-hydrogen) atoms. The number of hydrogen-bond donors (Lipinski definition) is 1. The summed E-state index contributed by atoms with van der Waals surface area (Å²) in [6.45, 7) is 0.199. The quantitative estimate of drug-likeness (QED) is 0.935. The highest BCUT2D eigenvalue weighted by molar-refractivity contribution is 6.35. The van der Waals surface area contributed by atoms with Gasteiger partial charge in [-0.25, -0.2) is 9.78 Å². The highest BCUT2D eigenvalue weighted by Crippen LogP contribution is 2.28. The summed E-state index contributed by atoms with van der Waals surface area (Å²) in [5.74, 6) is -0.592. The number of aromatic nitrogens is 1. The Morgan fingerprint density at radius 2 is 2.05 bits per heavy atom. The van der Waals surface area contributed by atoms with Gasteiger partial charge in [-0.2, -0.15) is 0 Å². The molecule has 2 rings (SSSR count). The van der Waals surface area contributed by atoms with Gasteiger partial charge in [-0.3, -0.25) is 0 Å². The van der Waals surface area contributed by atoms with Crippen molar-refractivity contribution in [3.8, 4) is 5.75 Å². The maximum atomic E-state index is 10.8. The van der Waals surface area contributed by atoms with E-state index in [1.54, 1.807) is 24.3 Å². The highest BCUT2D eigenvalue weighted by Gasteiger charge is 2.07. The van der Waals surface area contributed by atoms with Crippen LogP contribution in [0.4, 0.5) is 0 Å². The molecule has 0 atom stereocenters. The Kier molecular flexibility index (Phi) is 4.24. The Hall–Kier alpha value is -1.78. The summed E-state index contributed by atoms with van der Waals surface area (Å²) >= 11 is 11.7. The van der Waals surface area contributed by atoms with Crippen molar-refractivity contribution in [2.24, 2.45) is 0 Å². The first-order valence-electron chi connectivity index (χ1n) is 5.32. The Morgan fingerprint density at radius 1 is 1.26 bits per heavy atom. The maximum absolute atomic E-state index is 10.8. The van der Waals surface area contributed by atoms with Gasteiger partial charge < -0.3 is 9.84 Å². The predicted molar refractivity (Wildman–Crippen MR) is 72.0 cm³/mol. The molecule has 0 saturated heterocycles. The molecule has 4 nitrogen and oxygen atoms in total. The van der Waals surface area contributed by atoms with E-state index >= 15 is 0 Å². The monoisotopic (exact) mass is 297 g/mol. The number of carboxylic acids is 1. The maximum Gasteiger partial charge on any atom is 0.354 e. The van der Waals surface area contributed by atoms with Crippen LogP contribution in [0.5, 0.6) is 5.75 Å². The van der Waals surface area contributed by atoms with E-state index in [0.29, 0.717) is 21.4 Å². The zero-order chi connectivity index (χ0) is 13.8. The largest absolute Gasteiger partial charge is 0.487 e. The van der Waals surface area contributed by atoms with Crippen molar-refractivity contribution in [3.05, 3.63) is 57.8 Å². The van der Waals surface area contributed by atoms with Crippen molar-refractivity contribution in [1.82, 2.24) is 4.98 Å². The zero-order valence-corrected chi connectivity index (χ0v) is 11.1. The van der Waals surface area contributed by atoms with E-state index in [4.69, 9.17) is 33.0 Å². The van der Waals surface area contributed by atoms with Gasteiger partial charge in [0.05, 0.1) is 5.02 Å². The first-order chi connectivity index (χ1) is 9.06. The molecule has 98 valence electrons. The summed E-state index contributed by atoms with van der Waals surface area (Å²) in [4.78, 5) is 14.5. The van der Waals surface area contributed by atoms with E-state index in [2.05, 4.69) is 4.98 Å². The fourth-order valence-corrected chi connectivity index (χ4v) is 1.90. The van der Waals surface area contributed by atoms with Crippen LogP contribution in [0.25, 0.3) is 0 Å². The third kappa shape index (κ3) is 3.59. The molecule has 6 heteroatoms. The molecule has 0 amide bonds. The van der Waals surface area contributed by atoms with Crippen LogP contribution >= 0.6 is 23.2 Å². The van der Waals surface area contributed by atoms with E-state index in [-0.39, 0.29) is 12.3 Å². The molecule has 1 aromatic carbocycles. The number of hydrogen-bond acceptors (Lipinski definition) is 3. The fourth-order valence-electron chi connectivity index (χ4n) is 1.43. The van der Waals surface area contributed by atoms with E-state index in [9.17, 15) is 4.79 Å². The first-order valence-corrected chi connectivity index (χ1v) is 6.08. The molecule has 0 fully saturated rings. The van der Waals surface area contributed by atoms with Gasteiger partial charge >= 0.3 is 5.97 Å². The zero-order valence-electron chi connectivity index (χ0n) is 9.64. The lowest BCUT2D eigenvalue weighted by Gasteiger charge is -2.08. The van der Waals surface area contributed by atoms with Gasteiger partial charge in [0.25, 0.3) is 0 Å². The minimum Gasteiger partial charge on any atom is -0.487 e. The molecule has 1 N–H and O–H groups in total. The topological polar surface area (TPSA) is 59.4 Å². The number of carboxylic acid groups (broad SMARTS) is 1. The van der Waals surface area contributed by atoms with Crippen LogP contribution in [-0.2, 0) is 6.61 Å². The van der Waals surface area contributed by atoms with Crippen molar-refractivity contribution < 1.29 is 14.6 Å². The summed E-state index contributed by atoms with van der Waals surface area (Å²) in [6, 6.07) is 8.03. The molecular formula is C13H9Cl2NO3. The molecule has 0 aliphatic rings. The average molecular weight is 298 g/mol. The number of halogens is 2. The standard InChI is InChI=1S/C13H9Cl2NO3/c14-9-1-2-12(10(15)6-9)19-7-8-3-4-16-11(5-8)13(17)18/h1-6H,7H2,(H,17,18). The summed E-state index contributed by atoms with van der Waals surface area (Å²) < 4.78 is 5.50. The van der Waals surface area contributed by atoms with Crippen molar-refractivity contribution in [2.75, 3.05) is 0 Å². The van der Waals surface area contributed by atoms with Crippen LogP contribution in [0, 0.1) is 0 Å². The van der Waals surface area contributed by atoms with Gasteiger partial charge in [0.15, 0.2) is 0 Å². The van der Waals surface area contributed by atoms with Crippen molar-refractivity contribution in [1.29, 1.82) is 0 Å². The molecule has 0 saturated carbocycles. The summed E-state index contributed by atoms with van der Waals surface area (Å²) in [5, 5.41) is 9.76. The van der Waals surface area contributed by atoms with Gasteiger partial charge in [-0.05, 0) is 35.9 Å². The molecule has 1 heterocycles. The number of nitrogens with zero attached hydrogens (tertiary/aromatic N) is 1. The summed E-state index contributed by atoms with van der Waals surface area (Å²) in [5.41, 5.74) is 0.668. The van der Waals surface area contributed by atoms with Crippen LogP contribution in [-0.4, -0.2) is 16.1 Å². The van der Waals surface area contributed by atoms with Crippen molar-refractivity contribution in [3.63, 3.8) is 0 Å². The first kappa shape index (κ1) is 13.6. The number of aromatic carboxylic acids is 1. The van der Waals surface area contributed by atoms with E-state index in [1.165, 1.54) is 12.3 Å². The number of carbonyl (C=O) groups is 1. The van der Waals surface area contributed by atoms with Gasteiger partial charge in [0.1, 0.15) is 18.1 Å². The molecule has 1 aromatic heterocycles. The van der Waals surface area contributed by atoms with Gasteiger partial charge in [0, 0.05) is 11.2 Å². The Morgan fingerprint density at radius 3 is 2.74 bits per heavy atom. The molecule has 0 radical (unpaired) electrons. The van der Waals surface area contributed by atoms with Gasteiger partial charge in [0.2, 0.25) is 0 Å². The molecular weight excluding hydrogens is 289 g/mol. The third-order valence-corrected chi connectivity index (χ3v) is 2.86. The summed E-state index contributed by atoms with van der Waals surface area (Å²) in [7, 11) is 0. The summed E-state index contributed by atoms with van der Waals surface area (Å²) in [6.07, 6.45) is 1.42. The second-order valence-corrected chi connectivity index (χ2v) is 4.56. The number of ether oxygens (including phenoxy) is 1. The lowest BCUT2D eigenvalue weighted by Crippen LogP contribution is -2.03. The van der Waals surface area contributed by atoms with E-state index in [0.717, 1.165) is 0 Å². The number of pyridine rings is 1. The SMILES string of the molecule is O=C(O)c1cc(COc2ccc(Cl)cc2Cl)ccn1. The number of rotatable bonds is 4. The van der Waals surface area contributed by atoms with Crippen LogP contribution in [0.1, 0.15) is 16.1 Å². The molecule has 2 aromatic rings. The highest BCUT2D eigenvalue weighted by atomic mass is 35.5. The average Bonchev–Trinajstić information content (AvgIpc) is 2.38. The molecule has 0 bridgehead atoms. The van der Waals surface area contributed by atoms with E-state index in [1.807, 2.05) is 0 Å². The molecule has 0 unspecified atom stereocenters.